The summed E-state index contributed by atoms with van der Waals surface area (Å²) in [6, 6.07) is 0. The Kier molecular flexibility index (Phi) is 1.92. The van der Waals surface area contributed by atoms with Crippen molar-refractivity contribution in [2.75, 3.05) is 5.88 Å². The molecule has 1 aromatic heterocycles. The van der Waals surface area contributed by atoms with E-state index in [0.29, 0.717) is 5.88 Å². The molecule has 0 aromatic carbocycles. The Labute approximate surface area is 53.1 Å². The molecule has 1 N–H and O–H groups in total. The van der Waals surface area contributed by atoms with Crippen LogP contribution in [-0.4, -0.2) is 10.9 Å². The average molecular weight is 132 g/mol. The molecule has 1 rings (SSSR count). The molecule has 2 nitrogen and oxygen atoms in total. The van der Waals surface area contributed by atoms with Crippen LogP contribution in [0.4, 0.5) is 0 Å². The molecule has 44 valence electrons. The molecule has 0 unspecified atom stereocenters. The number of hydrogen-bond donors (Lipinski definition) is 1. The molecule has 8 heavy (non-hydrogen) atoms. The van der Waals surface area contributed by atoms with E-state index in [1.165, 1.54) is 0 Å². The number of alkyl halides is 1. The lowest BCUT2D eigenvalue weighted by Crippen LogP contribution is -2.31. The molecule has 0 radical (unpaired) electrons. The van der Waals surface area contributed by atoms with Gasteiger partial charge in [-0.25, -0.2) is 4.57 Å². The summed E-state index contributed by atoms with van der Waals surface area (Å²) in [6.45, 7) is 0.880. The van der Waals surface area contributed by atoms with Gasteiger partial charge >= 0.3 is 0 Å². The number of aromatic amines is 1. The van der Waals surface area contributed by atoms with Crippen molar-refractivity contribution in [1.82, 2.24) is 4.98 Å². The van der Waals surface area contributed by atoms with E-state index in [2.05, 4.69) is 4.98 Å². The molecule has 1 aromatic rings. The fraction of sp³-hybridized carbons (Fsp3) is 0.400. The first-order valence-corrected chi connectivity index (χ1v) is 3.05. The lowest BCUT2D eigenvalue weighted by Gasteiger charge is -1.84. The Balaban J connectivity index is 2.50. The van der Waals surface area contributed by atoms with Gasteiger partial charge in [-0.15, -0.1) is 11.6 Å². The minimum atomic E-state index is 0.669. The number of imidazole rings is 1. The highest BCUT2D eigenvalue weighted by atomic mass is 35.5. The first-order valence-electron chi connectivity index (χ1n) is 2.51. The summed E-state index contributed by atoms with van der Waals surface area (Å²) in [6.07, 6.45) is 5.69. The SMILES string of the molecule is ClCC[n+]1cc[nH]c1. The van der Waals surface area contributed by atoms with Gasteiger partial charge in [-0.05, 0) is 0 Å². The highest BCUT2D eigenvalue weighted by molar-refractivity contribution is 6.17. The second kappa shape index (κ2) is 2.72. The third-order valence-electron chi connectivity index (χ3n) is 0.945. The highest BCUT2D eigenvalue weighted by Gasteiger charge is 1.90. The van der Waals surface area contributed by atoms with Crippen LogP contribution in [0.2, 0.25) is 0 Å². The largest absolute Gasteiger partial charge is 0.250 e. The molecule has 0 atom stereocenters. The van der Waals surface area contributed by atoms with Crippen molar-refractivity contribution >= 4 is 11.6 Å². The van der Waals surface area contributed by atoms with Crippen LogP contribution < -0.4 is 4.57 Å². The molecule has 1 heterocycles. The smallest absolute Gasteiger partial charge is 0.241 e. The van der Waals surface area contributed by atoms with E-state index in [9.17, 15) is 0 Å². The molecule has 0 aliphatic rings. The lowest BCUT2D eigenvalue weighted by molar-refractivity contribution is -0.691. The van der Waals surface area contributed by atoms with E-state index in [1.54, 1.807) is 0 Å². The molecule has 0 saturated carbocycles. The fourth-order valence-electron chi connectivity index (χ4n) is 0.557. The van der Waals surface area contributed by atoms with Gasteiger partial charge in [0.25, 0.3) is 0 Å². The van der Waals surface area contributed by atoms with Crippen molar-refractivity contribution in [2.24, 2.45) is 0 Å². The average Bonchev–Trinajstić information content (AvgIpc) is 2.19. The zero-order valence-electron chi connectivity index (χ0n) is 4.47. The normalized spacial score (nSPS) is 9.62. The van der Waals surface area contributed by atoms with E-state index in [-0.39, 0.29) is 0 Å². The molecule has 0 spiro atoms. The predicted molar refractivity (Wildman–Crippen MR) is 31.7 cm³/mol. The summed E-state index contributed by atoms with van der Waals surface area (Å²) in [5.41, 5.74) is 0. The topological polar surface area (TPSA) is 19.7 Å². The molecule has 0 aliphatic heterocycles. The van der Waals surface area contributed by atoms with E-state index < -0.39 is 0 Å². The Bertz CT molecular complexity index is 136. The number of nitrogens with one attached hydrogen (secondary N) is 1. The summed E-state index contributed by atoms with van der Waals surface area (Å²) >= 11 is 5.46. The number of rotatable bonds is 2. The number of H-pyrrole nitrogens is 1. The molecule has 3 heteroatoms. The van der Waals surface area contributed by atoms with Gasteiger partial charge in [0.15, 0.2) is 0 Å². The molecule has 0 bridgehead atoms. The van der Waals surface area contributed by atoms with E-state index in [1.807, 2.05) is 23.3 Å². The van der Waals surface area contributed by atoms with Crippen molar-refractivity contribution in [3.63, 3.8) is 0 Å². The highest BCUT2D eigenvalue weighted by Crippen LogP contribution is 1.73. The Morgan fingerprint density at radius 3 is 3.00 bits per heavy atom. The summed E-state index contributed by atoms with van der Waals surface area (Å²) in [4.78, 5) is 2.92. The van der Waals surface area contributed by atoms with Crippen LogP contribution in [-0.2, 0) is 6.54 Å². The quantitative estimate of drug-likeness (QED) is 0.447. The van der Waals surface area contributed by atoms with Gasteiger partial charge in [0, 0.05) is 0 Å². The van der Waals surface area contributed by atoms with Crippen LogP contribution in [0, 0.1) is 0 Å². The number of aryl methyl sites for hydroxylation is 1. The van der Waals surface area contributed by atoms with Gasteiger partial charge in [0.1, 0.15) is 18.9 Å². The van der Waals surface area contributed by atoms with Crippen LogP contribution >= 0.6 is 11.6 Å². The zero-order valence-corrected chi connectivity index (χ0v) is 5.23. The zero-order chi connectivity index (χ0) is 5.82. The van der Waals surface area contributed by atoms with Crippen LogP contribution in [0.15, 0.2) is 18.7 Å². The van der Waals surface area contributed by atoms with E-state index in [0.717, 1.165) is 6.54 Å². The predicted octanol–water partition coefficient (Wildman–Crippen LogP) is 0.541. The van der Waals surface area contributed by atoms with Crippen molar-refractivity contribution in [2.45, 2.75) is 6.54 Å². The third-order valence-corrected chi connectivity index (χ3v) is 1.11. The molecular formula is C5H8ClN2+. The molecule has 0 amide bonds. The first-order chi connectivity index (χ1) is 3.93. The monoisotopic (exact) mass is 131 g/mol. The van der Waals surface area contributed by atoms with Gasteiger partial charge in [0.05, 0.1) is 5.88 Å². The standard InChI is InChI=1S/C5H7ClN2/c6-1-3-8-4-2-7-5-8/h2,4-5H,1,3H2/p+1. The van der Waals surface area contributed by atoms with Crippen LogP contribution in [0.3, 0.4) is 0 Å². The third kappa shape index (κ3) is 1.23. The van der Waals surface area contributed by atoms with Gasteiger partial charge < -0.3 is 0 Å². The van der Waals surface area contributed by atoms with Crippen LogP contribution in [0.25, 0.3) is 0 Å². The Hall–Kier alpha value is -0.500. The number of aromatic nitrogens is 2. The van der Waals surface area contributed by atoms with E-state index >= 15 is 0 Å². The van der Waals surface area contributed by atoms with Gasteiger partial charge in [-0.3, -0.25) is 4.98 Å². The number of hydrogen-bond acceptors (Lipinski definition) is 0. The summed E-state index contributed by atoms with van der Waals surface area (Å²) < 4.78 is 1.99. The Morgan fingerprint density at radius 1 is 1.62 bits per heavy atom. The first kappa shape index (κ1) is 5.63. The number of halogens is 1. The molecule has 0 saturated heterocycles. The minimum absolute atomic E-state index is 0.669. The Morgan fingerprint density at radius 2 is 2.50 bits per heavy atom. The lowest BCUT2D eigenvalue weighted by atomic mass is 10.7. The van der Waals surface area contributed by atoms with Gasteiger partial charge in [-0.2, -0.15) is 0 Å². The second-order valence-electron chi connectivity index (χ2n) is 1.54. The van der Waals surface area contributed by atoms with Crippen LogP contribution in [0.1, 0.15) is 0 Å². The maximum atomic E-state index is 5.46. The molecule has 0 aliphatic carbocycles. The maximum absolute atomic E-state index is 5.46. The summed E-state index contributed by atoms with van der Waals surface area (Å²) in [5, 5.41) is 0. The van der Waals surface area contributed by atoms with E-state index in [4.69, 9.17) is 11.6 Å². The van der Waals surface area contributed by atoms with Crippen LogP contribution in [0.5, 0.6) is 0 Å². The molecule has 0 fully saturated rings. The van der Waals surface area contributed by atoms with Crippen molar-refractivity contribution in [1.29, 1.82) is 0 Å². The van der Waals surface area contributed by atoms with Crippen molar-refractivity contribution < 1.29 is 4.57 Å². The summed E-state index contributed by atoms with van der Waals surface area (Å²) in [7, 11) is 0. The van der Waals surface area contributed by atoms with Gasteiger partial charge in [-0.1, -0.05) is 0 Å². The summed E-state index contributed by atoms with van der Waals surface area (Å²) in [5.74, 6) is 0.669. The number of nitrogens with zero attached hydrogens (tertiary/aromatic N) is 1. The molecular weight excluding hydrogens is 124 g/mol. The van der Waals surface area contributed by atoms with Crippen molar-refractivity contribution in [3.05, 3.63) is 18.7 Å². The second-order valence-corrected chi connectivity index (χ2v) is 1.92. The minimum Gasteiger partial charge on any atom is -0.250 e. The fourth-order valence-corrected chi connectivity index (χ4v) is 0.752. The van der Waals surface area contributed by atoms with Crippen molar-refractivity contribution in [3.8, 4) is 0 Å². The van der Waals surface area contributed by atoms with Gasteiger partial charge in [0.2, 0.25) is 6.33 Å². The maximum Gasteiger partial charge on any atom is 0.241 e.